The van der Waals surface area contributed by atoms with Crippen molar-refractivity contribution in [3.05, 3.63) is 54.5 Å². The summed E-state index contributed by atoms with van der Waals surface area (Å²) in [5.41, 5.74) is 1.37. The minimum Gasteiger partial charge on any atom is -0.478 e. The molecular weight excluding hydrogens is 306 g/mol. The lowest BCUT2D eigenvalue weighted by atomic mass is 10.0. The second-order valence-electron chi connectivity index (χ2n) is 5.85. The van der Waals surface area contributed by atoms with Crippen LogP contribution in [-0.2, 0) is 4.79 Å². The summed E-state index contributed by atoms with van der Waals surface area (Å²) in [7, 11) is 0. The maximum absolute atomic E-state index is 11.4. The van der Waals surface area contributed by atoms with Gasteiger partial charge in [0.2, 0.25) is 0 Å². The molecule has 0 saturated heterocycles. The van der Waals surface area contributed by atoms with Gasteiger partial charge in [-0.25, -0.2) is 9.78 Å². The molecule has 0 unspecified atom stereocenters. The van der Waals surface area contributed by atoms with Crippen LogP contribution in [0.15, 0.2) is 48.9 Å². The van der Waals surface area contributed by atoms with Gasteiger partial charge in [0.25, 0.3) is 0 Å². The number of aromatic nitrogens is 2. The summed E-state index contributed by atoms with van der Waals surface area (Å²) in [5.74, 6) is -0.637. The smallest absolute Gasteiger partial charge is 0.347 e. The molecular formula is C18H15N3O3. The van der Waals surface area contributed by atoms with E-state index >= 15 is 0 Å². The fraction of sp³-hybridized carbons (Fsp3) is 0.167. The lowest BCUT2D eigenvalue weighted by molar-refractivity contribution is -0.152. The van der Waals surface area contributed by atoms with Crippen LogP contribution in [0.4, 0.5) is 0 Å². The molecule has 1 aromatic carbocycles. The summed E-state index contributed by atoms with van der Waals surface area (Å²) in [5, 5.41) is 18.3. The summed E-state index contributed by atoms with van der Waals surface area (Å²) in [6, 6.07) is 10.8. The number of carbonyl (C=O) groups is 1. The number of benzene rings is 1. The topological polar surface area (TPSA) is 87.6 Å². The molecule has 0 atom stereocenters. The number of rotatable bonds is 4. The van der Waals surface area contributed by atoms with Crippen molar-refractivity contribution in [2.45, 2.75) is 19.4 Å². The number of imidazole rings is 1. The van der Waals surface area contributed by atoms with Gasteiger partial charge in [-0.2, -0.15) is 5.26 Å². The second kappa shape index (κ2) is 5.70. The third kappa shape index (κ3) is 2.79. The summed E-state index contributed by atoms with van der Waals surface area (Å²) < 4.78 is 7.59. The van der Waals surface area contributed by atoms with Gasteiger partial charge in [0.05, 0.1) is 11.6 Å². The third-order valence-corrected chi connectivity index (χ3v) is 3.70. The number of fused-ring (bicyclic) bond motifs is 1. The van der Waals surface area contributed by atoms with Crippen molar-refractivity contribution in [1.29, 1.82) is 5.26 Å². The van der Waals surface area contributed by atoms with Gasteiger partial charge >= 0.3 is 5.97 Å². The van der Waals surface area contributed by atoms with Crippen LogP contribution in [0, 0.1) is 11.3 Å². The van der Waals surface area contributed by atoms with Crippen molar-refractivity contribution in [1.82, 2.24) is 9.38 Å². The van der Waals surface area contributed by atoms with Crippen molar-refractivity contribution < 1.29 is 14.6 Å². The lowest BCUT2D eigenvalue weighted by Gasteiger charge is -2.23. The van der Waals surface area contributed by atoms with E-state index in [2.05, 4.69) is 11.1 Å². The zero-order valence-electron chi connectivity index (χ0n) is 13.2. The Labute approximate surface area is 138 Å². The van der Waals surface area contributed by atoms with E-state index in [0.717, 1.165) is 11.1 Å². The highest BCUT2D eigenvalue weighted by Gasteiger charge is 2.30. The Morgan fingerprint density at radius 2 is 2.04 bits per heavy atom. The number of nitrogens with zero attached hydrogens (tertiary/aromatic N) is 3. The van der Waals surface area contributed by atoms with E-state index in [0.29, 0.717) is 17.0 Å². The van der Waals surface area contributed by atoms with Crippen LogP contribution in [0.5, 0.6) is 5.75 Å². The summed E-state index contributed by atoms with van der Waals surface area (Å²) >= 11 is 0. The summed E-state index contributed by atoms with van der Waals surface area (Å²) in [6.45, 7) is 2.99. The largest absolute Gasteiger partial charge is 0.478 e. The van der Waals surface area contributed by atoms with E-state index in [1.807, 2.05) is 10.6 Å². The fourth-order valence-electron chi connectivity index (χ4n) is 2.29. The first-order valence-corrected chi connectivity index (χ1v) is 7.30. The zero-order valence-corrected chi connectivity index (χ0v) is 13.2. The molecule has 3 aromatic rings. The second-order valence-corrected chi connectivity index (χ2v) is 5.85. The van der Waals surface area contributed by atoms with Gasteiger partial charge in [-0.15, -0.1) is 0 Å². The number of aliphatic carboxylic acids is 1. The predicted molar refractivity (Wildman–Crippen MR) is 87.7 cm³/mol. The Morgan fingerprint density at radius 3 is 2.67 bits per heavy atom. The molecule has 0 aliphatic rings. The van der Waals surface area contributed by atoms with Gasteiger partial charge in [0.1, 0.15) is 11.4 Å². The molecule has 0 aliphatic heterocycles. The van der Waals surface area contributed by atoms with Gasteiger partial charge in [-0.1, -0.05) is 12.1 Å². The molecule has 0 fully saturated rings. The molecule has 3 rings (SSSR count). The van der Waals surface area contributed by atoms with E-state index < -0.39 is 11.6 Å². The van der Waals surface area contributed by atoms with Crippen molar-refractivity contribution in [3.63, 3.8) is 0 Å². The van der Waals surface area contributed by atoms with Crippen LogP contribution in [0.1, 0.15) is 19.4 Å². The molecule has 6 heteroatoms. The molecule has 0 saturated carbocycles. The highest BCUT2D eigenvalue weighted by molar-refractivity contribution is 5.78. The average molecular weight is 321 g/mol. The van der Waals surface area contributed by atoms with Crippen molar-refractivity contribution in [3.8, 4) is 22.9 Å². The maximum atomic E-state index is 11.4. The van der Waals surface area contributed by atoms with Crippen molar-refractivity contribution in [2.75, 3.05) is 0 Å². The Kier molecular flexibility index (Phi) is 3.70. The van der Waals surface area contributed by atoms with Crippen molar-refractivity contribution in [2.24, 2.45) is 0 Å². The number of hydrogen-bond donors (Lipinski definition) is 1. The number of nitriles is 1. The Hall–Kier alpha value is -3.33. The molecule has 0 bridgehead atoms. The molecule has 2 heterocycles. The standard InChI is InChI=1S/C18H15N3O3/c1-18(2,17(22)23)24-15-9-16-20-7-8-21(16)11-14(15)13-5-3-12(10-19)4-6-13/h3-9,11H,1-2H3,(H,22,23). The first-order chi connectivity index (χ1) is 11.4. The maximum Gasteiger partial charge on any atom is 0.347 e. The first kappa shape index (κ1) is 15.6. The predicted octanol–water partition coefficient (Wildman–Crippen LogP) is 3.11. The van der Waals surface area contributed by atoms with Crippen molar-refractivity contribution >= 4 is 11.6 Å². The van der Waals surface area contributed by atoms with Gasteiger partial charge in [0, 0.05) is 30.2 Å². The van der Waals surface area contributed by atoms with Gasteiger partial charge < -0.3 is 14.2 Å². The molecule has 6 nitrogen and oxygen atoms in total. The fourth-order valence-corrected chi connectivity index (χ4v) is 2.29. The third-order valence-electron chi connectivity index (χ3n) is 3.70. The summed E-state index contributed by atoms with van der Waals surface area (Å²) in [4.78, 5) is 15.6. The highest BCUT2D eigenvalue weighted by atomic mass is 16.5. The number of carboxylic acids is 1. The lowest BCUT2D eigenvalue weighted by Crippen LogP contribution is -2.38. The zero-order chi connectivity index (χ0) is 17.3. The molecule has 0 amide bonds. The van der Waals surface area contributed by atoms with Crippen LogP contribution in [0.2, 0.25) is 0 Å². The molecule has 1 N–H and O–H groups in total. The molecule has 24 heavy (non-hydrogen) atoms. The van der Waals surface area contributed by atoms with E-state index in [-0.39, 0.29) is 0 Å². The Bertz CT molecular complexity index is 950. The minimum absolute atomic E-state index is 0.422. The molecule has 2 aromatic heterocycles. The quantitative estimate of drug-likeness (QED) is 0.797. The van der Waals surface area contributed by atoms with Crippen LogP contribution in [0.25, 0.3) is 16.8 Å². The number of hydrogen-bond acceptors (Lipinski definition) is 4. The van der Waals surface area contributed by atoms with E-state index in [4.69, 9.17) is 10.00 Å². The van der Waals surface area contributed by atoms with Crippen LogP contribution < -0.4 is 4.74 Å². The minimum atomic E-state index is -1.38. The van der Waals surface area contributed by atoms with Crippen LogP contribution in [-0.4, -0.2) is 26.1 Å². The van der Waals surface area contributed by atoms with Gasteiger partial charge in [-0.3, -0.25) is 0 Å². The highest BCUT2D eigenvalue weighted by Crippen LogP contribution is 2.33. The normalized spacial score (nSPS) is 11.2. The summed E-state index contributed by atoms with van der Waals surface area (Å²) in [6.07, 6.45) is 5.29. The molecule has 0 aliphatic carbocycles. The van der Waals surface area contributed by atoms with E-state index in [9.17, 15) is 9.90 Å². The molecule has 0 spiro atoms. The van der Waals surface area contributed by atoms with Gasteiger partial charge in [-0.05, 0) is 31.5 Å². The Morgan fingerprint density at radius 1 is 1.33 bits per heavy atom. The molecule has 120 valence electrons. The van der Waals surface area contributed by atoms with E-state index in [1.165, 1.54) is 13.8 Å². The molecule has 0 radical (unpaired) electrons. The monoisotopic (exact) mass is 321 g/mol. The van der Waals surface area contributed by atoms with E-state index in [1.54, 1.807) is 42.7 Å². The number of ether oxygens (including phenoxy) is 1. The number of pyridine rings is 1. The van der Waals surface area contributed by atoms with Crippen LogP contribution >= 0.6 is 0 Å². The first-order valence-electron chi connectivity index (χ1n) is 7.30. The number of carboxylic acid groups (broad SMARTS) is 1. The Balaban J connectivity index is 2.15. The SMILES string of the molecule is CC(C)(Oc1cc2nccn2cc1-c1ccc(C#N)cc1)C(=O)O. The van der Waals surface area contributed by atoms with Gasteiger partial charge in [0.15, 0.2) is 5.60 Å². The van der Waals surface area contributed by atoms with Crippen LogP contribution in [0.3, 0.4) is 0 Å². The average Bonchev–Trinajstić information content (AvgIpc) is 3.01.